The molecule has 0 saturated carbocycles. The molecule has 6 bridgehead atoms. The monoisotopic (exact) mass is 551 g/mol. The fraction of sp³-hybridized carbons (Fsp3) is 0. The van der Waals surface area contributed by atoms with E-state index in [1.54, 1.807) is 0 Å². The van der Waals surface area contributed by atoms with Gasteiger partial charge in [0.2, 0.25) is 0 Å². The Kier molecular flexibility index (Phi) is 6.12. The average Bonchev–Trinajstić information content (AvgIpc) is 3.85. The molecule has 0 spiro atoms. The zero-order valence-electron chi connectivity index (χ0n) is 23.5. The van der Waals surface area contributed by atoms with Gasteiger partial charge in [-0.15, -0.1) is 0 Å². The van der Waals surface area contributed by atoms with Crippen LogP contribution in [0.25, 0.3) is 77.6 Å². The molecule has 0 aliphatic heterocycles. The van der Waals surface area contributed by atoms with Crippen molar-refractivity contribution in [1.82, 2.24) is 15.0 Å². The van der Waals surface area contributed by atoms with Crippen LogP contribution in [-0.2, 0) is 0 Å². The van der Waals surface area contributed by atoms with Crippen molar-refractivity contribution in [3.63, 3.8) is 0 Å². The minimum Gasteiger partial charge on any atom is -0.341 e. The maximum absolute atomic E-state index is 3.85. The van der Waals surface area contributed by atoms with Gasteiger partial charge in [0.25, 0.3) is 0 Å². The first-order valence-electron chi connectivity index (χ1n) is 14.6. The van der Waals surface area contributed by atoms with Crippen LogP contribution in [0.3, 0.4) is 0 Å². The Balaban J connectivity index is 1.63. The number of aromatic nitrogens is 3. The van der Waals surface area contributed by atoms with Crippen molar-refractivity contribution in [3.8, 4) is 44.5 Å². The van der Waals surface area contributed by atoms with Crippen LogP contribution in [0.5, 0.6) is 0 Å². The second kappa shape index (κ2) is 10.6. The van der Waals surface area contributed by atoms with Crippen molar-refractivity contribution in [2.45, 2.75) is 0 Å². The fourth-order valence-corrected chi connectivity index (χ4v) is 6.26. The standard InChI is InChI=1S/C40H29N3/c1-5-13-27(14-6-1)37-31-21-22-32(41-31)38(28-15-7-2-8-16-28)34-24-26-36(43-34)40(30-19-11-4-12-20-30)39(29-17-9-3-10-18-29)35-25-23-33(37)42-35/h1-26,41-43H/q+2. The molecule has 43 heavy (non-hydrogen) atoms. The van der Waals surface area contributed by atoms with Crippen LogP contribution in [0.4, 0.5) is 0 Å². The van der Waals surface area contributed by atoms with Crippen LogP contribution in [0.15, 0.2) is 158 Å². The van der Waals surface area contributed by atoms with Crippen LogP contribution < -0.4 is 0 Å². The topological polar surface area (TPSA) is 47.4 Å². The van der Waals surface area contributed by atoms with Gasteiger partial charge in [0.1, 0.15) is 33.2 Å². The van der Waals surface area contributed by atoms with Crippen molar-refractivity contribution in [2.24, 2.45) is 0 Å². The SMILES string of the molecule is c1ccc(-c2c(-c3ccccc3)c3ccc([nH]3)[c+](-c3ccccc3)c3ccc([nH]3)[c+](-c3ccccc3)c3ccc2[nH]3)cc1. The molecule has 0 unspecified atom stereocenters. The Labute approximate surface area is 249 Å². The molecule has 0 aliphatic rings. The predicted molar refractivity (Wildman–Crippen MR) is 181 cm³/mol. The lowest BCUT2D eigenvalue weighted by molar-refractivity contribution is 1.50. The third kappa shape index (κ3) is 4.48. The quantitative estimate of drug-likeness (QED) is 0.182. The lowest BCUT2D eigenvalue weighted by Crippen LogP contribution is -1.87. The van der Waals surface area contributed by atoms with Crippen molar-refractivity contribution in [3.05, 3.63) is 158 Å². The minimum atomic E-state index is 1.06. The highest BCUT2D eigenvalue weighted by Crippen LogP contribution is 2.39. The normalized spacial score (nSPS) is 11.3. The summed E-state index contributed by atoms with van der Waals surface area (Å²) in [5.74, 6) is 0. The summed E-state index contributed by atoms with van der Waals surface area (Å²) in [4.78, 5) is 11.5. The van der Waals surface area contributed by atoms with E-state index in [4.69, 9.17) is 0 Å². The highest BCUT2D eigenvalue weighted by atomic mass is 14.8. The van der Waals surface area contributed by atoms with E-state index in [1.807, 2.05) is 0 Å². The summed E-state index contributed by atoms with van der Waals surface area (Å²) in [5.41, 5.74) is 15.5. The van der Waals surface area contributed by atoms with Crippen LogP contribution in [0, 0.1) is 0 Å². The molecule has 0 aliphatic carbocycles. The predicted octanol–water partition coefficient (Wildman–Crippen LogP) is 10.9. The summed E-state index contributed by atoms with van der Waals surface area (Å²) in [7, 11) is 0. The van der Waals surface area contributed by atoms with Crippen LogP contribution in [0.1, 0.15) is 0 Å². The zero-order valence-corrected chi connectivity index (χ0v) is 23.5. The third-order valence-electron chi connectivity index (χ3n) is 8.17. The molecule has 3 nitrogen and oxygen atoms in total. The van der Waals surface area contributed by atoms with E-state index in [1.165, 1.54) is 0 Å². The van der Waals surface area contributed by atoms with Crippen molar-refractivity contribution in [1.29, 1.82) is 0 Å². The second-order valence-corrected chi connectivity index (χ2v) is 10.8. The van der Waals surface area contributed by atoms with Gasteiger partial charge in [-0.25, -0.2) is 0 Å². The summed E-state index contributed by atoms with van der Waals surface area (Å²) in [6, 6.07) is 55.8. The van der Waals surface area contributed by atoms with E-state index in [0.29, 0.717) is 0 Å². The molecule has 0 saturated heterocycles. The maximum Gasteiger partial charge on any atom is 0.126 e. The molecule has 202 valence electrons. The van der Waals surface area contributed by atoms with Crippen LogP contribution in [-0.4, -0.2) is 15.0 Å². The lowest BCUT2D eigenvalue weighted by atomic mass is 9.95. The van der Waals surface area contributed by atoms with E-state index in [0.717, 1.165) is 77.6 Å². The molecule has 0 amide bonds. The van der Waals surface area contributed by atoms with Gasteiger partial charge in [0, 0.05) is 47.5 Å². The van der Waals surface area contributed by atoms with Gasteiger partial charge >= 0.3 is 0 Å². The molecule has 0 atom stereocenters. The first-order chi connectivity index (χ1) is 21.3. The third-order valence-corrected chi connectivity index (χ3v) is 8.17. The van der Waals surface area contributed by atoms with Crippen LogP contribution >= 0.6 is 0 Å². The van der Waals surface area contributed by atoms with Crippen molar-refractivity contribution >= 4 is 33.1 Å². The Bertz CT molecular complexity index is 2090. The van der Waals surface area contributed by atoms with E-state index in [-0.39, 0.29) is 0 Å². The van der Waals surface area contributed by atoms with E-state index in [9.17, 15) is 0 Å². The lowest BCUT2D eigenvalue weighted by Gasteiger charge is -2.10. The van der Waals surface area contributed by atoms with Gasteiger partial charge in [-0.3, -0.25) is 0 Å². The van der Waals surface area contributed by atoms with Gasteiger partial charge in [0.05, 0.1) is 34.3 Å². The van der Waals surface area contributed by atoms with Gasteiger partial charge in [-0.2, -0.15) is 0 Å². The summed E-state index contributed by atoms with van der Waals surface area (Å²) < 4.78 is 0. The smallest absolute Gasteiger partial charge is 0.126 e. The molecule has 3 N–H and O–H groups in total. The number of aromatic amines is 3. The van der Waals surface area contributed by atoms with E-state index >= 15 is 0 Å². The Morgan fingerprint density at radius 3 is 1.02 bits per heavy atom. The molecular formula is C40H29N3+2. The number of nitrogens with one attached hydrogen (secondary N) is 3. The molecular weight excluding hydrogens is 522 g/mol. The molecule has 0 fully saturated rings. The molecule has 3 heteroatoms. The number of H-pyrrole nitrogens is 3. The molecule has 4 heterocycles. The van der Waals surface area contributed by atoms with E-state index in [2.05, 4.69) is 173 Å². The largest absolute Gasteiger partial charge is 0.341 e. The summed E-state index contributed by atoms with van der Waals surface area (Å²) in [6.07, 6.45) is 0. The first kappa shape index (κ1) is 25.0. The van der Waals surface area contributed by atoms with Gasteiger partial charge < -0.3 is 15.0 Å². The maximum atomic E-state index is 3.85. The number of hydrogen-bond acceptors (Lipinski definition) is 0. The first-order valence-corrected chi connectivity index (χ1v) is 14.6. The molecule has 8 aromatic rings. The Hall–Kier alpha value is -5.80. The number of hydrogen-bond donors (Lipinski definition) is 3. The van der Waals surface area contributed by atoms with Crippen molar-refractivity contribution in [2.75, 3.05) is 0 Å². The number of fused-ring (bicyclic) bond motifs is 6. The molecule has 4 aromatic heterocycles. The van der Waals surface area contributed by atoms with Gasteiger partial charge in [0.15, 0.2) is 0 Å². The van der Waals surface area contributed by atoms with Crippen molar-refractivity contribution < 1.29 is 0 Å². The van der Waals surface area contributed by atoms with Gasteiger partial charge in [-0.05, 0) is 59.7 Å². The summed E-state index contributed by atoms with van der Waals surface area (Å²) in [6.45, 7) is 0. The highest BCUT2D eigenvalue weighted by molar-refractivity contribution is 6.04. The number of benzene rings is 4. The Morgan fingerprint density at radius 1 is 0.302 bits per heavy atom. The van der Waals surface area contributed by atoms with Crippen LogP contribution in [0.2, 0.25) is 0 Å². The molecule has 4 aromatic carbocycles. The zero-order chi connectivity index (χ0) is 28.6. The fourth-order valence-electron chi connectivity index (χ4n) is 6.26. The van der Waals surface area contributed by atoms with Gasteiger partial charge in [-0.1, -0.05) is 60.7 Å². The number of rotatable bonds is 4. The average molecular weight is 552 g/mol. The summed E-state index contributed by atoms with van der Waals surface area (Å²) >= 11 is 0. The molecule has 8 rings (SSSR count). The molecule has 0 radical (unpaired) electrons. The van der Waals surface area contributed by atoms with E-state index < -0.39 is 0 Å². The highest BCUT2D eigenvalue weighted by Gasteiger charge is 2.20. The minimum absolute atomic E-state index is 1.06. The summed E-state index contributed by atoms with van der Waals surface area (Å²) in [5, 5.41) is 0. The Morgan fingerprint density at radius 2 is 0.628 bits per heavy atom. The second-order valence-electron chi connectivity index (χ2n) is 10.8.